The molecule has 0 radical (unpaired) electrons. The van der Waals surface area contributed by atoms with Gasteiger partial charge in [-0.05, 0) is 18.2 Å². The minimum atomic E-state index is 0.171. The lowest BCUT2D eigenvalue weighted by molar-refractivity contribution is -0.118. The summed E-state index contributed by atoms with van der Waals surface area (Å²) in [6.07, 6.45) is 0.876. The third-order valence-corrected chi connectivity index (χ3v) is 3.11. The van der Waals surface area contributed by atoms with Crippen molar-refractivity contribution >= 4 is 29.0 Å². The van der Waals surface area contributed by atoms with E-state index in [2.05, 4.69) is 5.32 Å². The number of carbonyl (C=O) groups excluding carboxylic acids is 1. The van der Waals surface area contributed by atoms with Crippen molar-refractivity contribution in [3.05, 3.63) is 33.8 Å². The molecule has 0 saturated heterocycles. The van der Waals surface area contributed by atoms with Gasteiger partial charge in [0, 0.05) is 19.4 Å². The van der Waals surface area contributed by atoms with E-state index in [1.807, 2.05) is 13.0 Å². The molecule has 88 valence electrons. The van der Waals surface area contributed by atoms with E-state index < -0.39 is 0 Å². The van der Waals surface area contributed by atoms with Crippen LogP contribution < -0.4 is 5.32 Å². The molecule has 2 nitrogen and oxygen atoms in total. The van der Waals surface area contributed by atoms with Gasteiger partial charge in [-0.1, -0.05) is 42.3 Å². The highest BCUT2D eigenvalue weighted by atomic mass is 35.5. The van der Waals surface area contributed by atoms with E-state index in [0.29, 0.717) is 29.4 Å². The lowest BCUT2D eigenvalue weighted by atomic mass is 10.1. The third-order valence-electron chi connectivity index (χ3n) is 2.25. The average Bonchev–Trinajstić information content (AvgIpc) is 2.25. The number of halogens is 2. The van der Waals surface area contributed by atoms with E-state index in [4.69, 9.17) is 23.2 Å². The fourth-order valence-corrected chi connectivity index (χ4v) is 1.78. The summed E-state index contributed by atoms with van der Waals surface area (Å²) in [6.45, 7) is 3.61. The topological polar surface area (TPSA) is 29.1 Å². The van der Waals surface area contributed by atoms with Crippen molar-refractivity contribution in [3.8, 4) is 0 Å². The Morgan fingerprint density at radius 2 is 2.12 bits per heavy atom. The van der Waals surface area contributed by atoms with Gasteiger partial charge in [-0.15, -0.1) is 0 Å². The zero-order valence-electron chi connectivity index (χ0n) is 9.22. The van der Waals surface area contributed by atoms with Crippen molar-refractivity contribution in [2.75, 3.05) is 13.1 Å². The van der Waals surface area contributed by atoms with Crippen LogP contribution in [0.2, 0.25) is 10.0 Å². The molecule has 1 rings (SSSR count). The van der Waals surface area contributed by atoms with Gasteiger partial charge in [0.1, 0.15) is 5.78 Å². The van der Waals surface area contributed by atoms with Gasteiger partial charge in [-0.25, -0.2) is 0 Å². The smallest absolute Gasteiger partial charge is 0.138 e. The minimum absolute atomic E-state index is 0.171. The van der Waals surface area contributed by atoms with Gasteiger partial charge in [0.25, 0.3) is 0 Å². The SMILES string of the molecule is CCNCCC(=O)Cc1cccc(Cl)c1Cl. The summed E-state index contributed by atoms with van der Waals surface area (Å²) >= 11 is 11.9. The second kappa shape index (κ2) is 6.89. The predicted octanol–water partition coefficient (Wildman–Crippen LogP) is 3.10. The van der Waals surface area contributed by atoms with E-state index in [-0.39, 0.29) is 5.78 Å². The normalized spacial score (nSPS) is 10.4. The predicted molar refractivity (Wildman–Crippen MR) is 68.3 cm³/mol. The molecular weight excluding hydrogens is 245 g/mol. The van der Waals surface area contributed by atoms with Crippen LogP contribution in [0, 0.1) is 0 Å². The first-order valence-electron chi connectivity index (χ1n) is 5.30. The molecule has 4 heteroatoms. The summed E-state index contributed by atoms with van der Waals surface area (Å²) in [7, 11) is 0. The highest BCUT2D eigenvalue weighted by Crippen LogP contribution is 2.25. The molecule has 0 aliphatic carbocycles. The number of carbonyl (C=O) groups is 1. The fourth-order valence-electron chi connectivity index (χ4n) is 1.39. The number of ketones is 1. The van der Waals surface area contributed by atoms with Crippen molar-refractivity contribution in [1.29, 1.82) is 0 Å². The van der Waals surface area contributed by atoms with Gasteiger partial charge in [0.05, 0.1) is 10.0 Å². The van der Waals surface area contributed by atoms with Crippen LogP contribution in [0.1, 0.15) is 18.9 Å². The van der Waals surface area contributed by atoms with Crippen LogP contribution in [-0.2, 0) is 11.2 Å². The molecule has 1 aromatic carbocycles. The summed E-state index contributed by atoms with van der Waals surface area (Å²) in [5, 5.41) is 4.10. The second-order valence-corrected chi connectivity index (χ2v) is 4.32. The van der Waals surface area contributed by atoms with Crippen molar-refractivity contribution in [2.45, 2.75) is 19.8 Å². The zero-order valence-corrected chi connectivity index (χ0v) is 10.7. The monoisotopic (exact) mass is 259 g/mol. The van der Waals surface area contributed by atoms with Crippen molar-refractivity contribution in [2.24, 2.45) is 0 Å². The molecule has 0 aromatic heterocycles. The fraction of sp³-hybridized carbons (Fsp3) is 0.417. The molecule has 0 unspecified atom stereocenters. The number of hydrogen-bond acceptors (Lipinski definition) is 2. The van der Waals surface area contributed by atoms with Gasteiger partial charge in [0.15, 0.2) is 0 Å². The van der Waals surface area contributed by atoms with Crippen LogP contribution >= 0.6 is 23.2 Å². The Morgan fingerprint density at radius 1 is 1.38 bits per heavy atom. The molecule has 0 bridgehead atoms. The Kier molecular flexibility index (Phi) is 5.81. The molecule has 1 aromatic rings. The Morgan fingerprint density at radius 3 is 2.81 bits per heavy atom. The maximum absolute atomic E-state index is 11.6. The lowest BCUT2D eigenvalue weighted by Gasteiger charge is -2.05. The molecule has 16 heavy (non-hydrogen) atoms. The molecule has 0 heterocycles. The summed E-state index contributed by atoms with van der Waals surface area (Å²) < 4.78 is 0. The number of hydrogen-bond donors (Lipinski definition) is 1. The Balaban J connectivity index is 2.53. The summed E-state index contributed by atoms with van der Waals surface area (Å²) in [4.78, 5) is 11.6. The second-order valence-electron chi connectivity index (χ2n) is 3.53. The molecule has 0 saturated carbocycles. The molecule has 1 N–H and O–H groups in total. The molecule has 0 spiro atoms. The Bertz CT molecular complexity index is 366. The van der Waals surface area contributed by atoms with Crippen LogP contribution in [0.3, 0.4) is 0 Å². The number of nitrogens with one attached hydrogen (secondary N) is 1. The minimum Gasteiger partial charge on any atom is -0.317 e. The summed E-state index contributed by atoms with van der Waals surface area (Å²) in [6, 6.07) is 5.36. The maximum Gasteiger partial charge on any atom is 0.138 e. The highest BCUT2D eigenvalue weighted by Gasteiger charge is 2.08. The van der Waals surface area contributed by atoms with E-state index in [0.717, 1.165) is 12.1 Å². The van der Waals surface area contributed by atoms with Crippen LogP contribution in [0.25, 0.3) is 0 Å². The van der Waals surface area contributed by atoms with Gasteiger partial charge in [-0.3, -0.25) is 4.79 Å². The summed E-state index contributed by atoms with van der Waals surface area (Å²) in [5.74, 6) is 0.171. The molecule has 0 atom stereocenters. The van der Waals surface area contributed by atoms with Gasteiger partial charge in [0.2, 0.25) is 0 Å². The standard InChI is InChI=1S/C12H15Cl2NO/c1-2-15-7-6-10(16)8-9-4-3-5-11(13)12(9)14/h3-5,15H,2,6-8H2,1H3. The number of rotatable bonds is 6. The van der Waals surface area contributed by atoms with Gasteiger partial charge >= 0.3 is 0 Å². The lowest BCUT2D eigenvalue weighted by Crippen LogP contribution is -2.18. The van der Waals surface area contributed by atoms with Crippen molar-refractivity contribution < 1.29 is 4.79 Å². The number of benzene rings is 1. The highest BCUT2D eigenvalue weighted by molar-refractivity contribution is 6.42. The first kappa shape index (κ1) is 13.5. The van der Waals surface area contributed by atoms with E-state index in [1.54, 1.807) is 12.1 Å². The van der Waals surface area contributed by atoms with Gasteiger partial charge < -0.3 is 5.32 Å². The average molecular weight is 260 g/mol. The summed E-state index contributed by atoms with van der Waals surface area (Å²) in [5.41, 5.74) is 0.802. The van der Waals surface area contributed by atoms with Crippen LogP contribution in [0.4, 0.5) is 0 Å². The van der Waals surface area contributed by atoms with E-state index in [1.165, 1.54) is 0 Å². The molecule has 0 aliphatic heterocycles. The largest absolute Gasteiger partial charge is 0.317 e. The molecule has 0 fully saturated rings. The molecular formula is C12H15Cl2NO. The van der Waals surface area contributed by atoms with E-state index in [9.17, 15) is 4.79 Å². The number of Topliss-reactive ketones (excluding diaryl/α,β-unsaturated/α-hetero) is 1. The van der Waals surface area contributed by atoms with E-state index >= 15 is 0 Å². The molecule has 0 amide bonds. The van der Waals surface area contributed by atoms with Crippen LogP contribution in [0.15, 0.2) is 18.2 Å². The van der Waals surface area contributed by atoms with Crippen molar-refractivity contribution in [3.63, 3.8) is 0 Å². The Hall–Kier alpha value is -0.570. The van der Waals surface area contributed by atoms with Crippen molar-refractivity contribution in [1.82, 2.24) is 5.32 Å². The zero-order chi connectivity index (χ0) is 12.0. The first-order chi connectivity index (χ1) is 7.65. The maximum atomic E-state index is 11.6. The Labute approximate surface area is 106 Å². The first-order valence-corrected chi connectivity index (χ1v) is 6.06. The van der Waals surface area contributed by atoms with Crippen LogP contribution in [-0.4, -0.2) is 18.9 Å². The van der Waals surface area contributed by atoms with Crippen LogP contribution in [0.5, 0.6) is 0 Å². The van der Waals surface area contributed by atoms with Gasteiger partial charge in [-0.2, -0.15) is 0 Å². The third kappa shape index (κ3) is 4.12. The molecule has 0 aliphatic rings. The quantitative estimate of drug-likeness (QED) is 0.796.